The van der Waals surface area contributed by atoms with E-state index in [0.29, 0.717) is 57.9 Å². The normalized spacial score (nSPS) is 21.2. The fourth-order valence-corrected chi connectivity index (χ4v) is 4.78. The molecule has 5 atom stereocenters. The third-order valence-corrected chi connectivity index (χ3v) is 6.99. The summed E-state index contributed by atoms with van der Waals surface area (Å²) in [7, 11) is 0. The zero-order chi connectivity index (χ0) is 31.9. The van der Waals surface area contributed by atoms with Crippen molar-refractivity contribution in [3.8, 4) is 12.3 Å². The van der Waals surface area contributed by atoms with Crippen LogP contribution in [0.25, 0.3) is 0 Å². The number of allylic oxidation sites excluding steroid dienone is 6. The van der Waals surface area contributed by atoms with Crippen LogP contribution in [-0.4, -0.2) is 65.4 Å². The quantitative estimate of drug-likeness (QED) is 0.0313. The Hall–Kier alpha value is -3.62. The topological polar surface area (TPSA) is 157 Å². The fourth-order valence-electron chi connectivity index (χ4n) is 4.78. The van der Waals surface area contributed by atoms with Crippen LogP contribution in [0.3, 0.4) is 0 Å². The molecular weight excluding hydrogens is 556 g/mol. The summed E-state index contributed by atoms with van der Waals surface area (Å²) in [5, 5.41) is 33.6. The van der Waals surface area contributed by atoms with Gasteiger partial charge in [0.15, 0.2) is 0 Å². The number of amides is 1. The lowest BCUT2D eigenvalue weighted by molar-refractivity contribution is -0.757. The van der Waals surface area contributed by atoms with Crippen LogP contribution in [-0.2, 0) is 19.1 Å². The summed E-state index contributed by atoms with van der Waals surface area (Å²) in [6.07, 6.45) is 20.5. The van der Waals surface area contributed by atoms with Crippen LogP contribution in [0.15, 0.2) is 48.1 Å². The maximum absolute atomic E-state index is 12.4. The number of hydrogen-bond acceptors (Lipinski definition) is 9. The number of nitrogens with zero attached hydrogens (tertiary/aromatic N) is 1. The fraction of sp³-hybridized carbons (Fsp3) is 0.625. The summed E-state index contributed by atoms with van der Waals surface area (Å²) >= 11 is 0. The molecule has 0 aromatic carbocycles. The summed E-state index contributed by atoms with van der Waals surface area (Å²) in [5.41, 5.74) is 1.04. The van der Waals surface area contributed by atoms with Gasteiger partial charge in [0.1, 0.15) is 6.10 Å². The van der Waals surface area contributed by atoms with Gasteiger partial charge in [-0.2, -0.15) is 0 Å². The van der Waals surface area contributed by atoms with Gasteiger partial charge < -0.3 is 29.8 Å². The van der Waals surface area contributed by atoms with Gasteiger partial charge in [0.05, 0.1) is 25.4 Å². The predicted molar refractivity (Wildman–Crippen MR) is 163 cm³/mol. The van der Waals surface area contributed by atoms with Gasteiger partial charge in [0.25, 0.3) is 5.09 Å². The molecule has 1 rings (SSSR count). The number of ether oxygens (including phenoxy) is 2. The molecule has 1 amide bonds. The first-order valence-corrected chi connectivity index (χ1v) is 15.0. The lowest BCUT2D eigenvalue weighted by Gasteiger charge is -2.22. The number of carbonyl (C=O) groups is 2. The minimum Gasteiger partial charge on any atom is -0.434 e. The van der Waals surface area contributed by atoms with Crippen LogP contribution in [0.5, 0.6) is 0 Å². The highest BCUT2D eigenvalue weighted by atomic mass is 16.9. The Kier molecular flexibility index (Phi) is 19.9. The molecule has 11 nitrogen and oxygen atoms in total. The lowest BCUT2D eigenvalue weighted by atomic mass is 9.89. The first kappa shape index (κ1) is 37.4. The summed E-state index contributed by atoms with van der Waals surface area (Å²) < 4.78 is 10.7. The average Bonchev–Trinajstić information content (AvgIpc) is 3.25. The first-order chi connectivity index (χ1) is 20.7. The monoisotopic (exact) mass is 604 g/mol. The Bertz CT molecular complexity index is 999. The number of rotatable bonds is 21. The van der Waals surface area contributed by atoms with Gasteiger partial charge in [-0.3, -0.25) is 4.79 Å². The number of terminal acetylenes is 1. The molecule has 240 valence electrons. The van der Waals surface area contributed by atoms with E-state index < -0.39 is 29.6 Å². The second-order valence-electron chi connectivity index (χ2n) is 10.3. The van der Waals surface area contributed by atoms with Crippen molar-refractivity contribution < 1.29 is 39.2 Å². The maximum atomic E-state index is 12.4. The van der Waals surface area contributed by atoms with Gasteiger partial charge in [0.2, 0.25) is 5.91 Å². The van der Waals surface area contributed by atoms with Crippen LogP contribution in [0.1, 0.15) is 78.1 Å². The average molecular weight is 605 g/mol. The summed E-state index contributed by atoms with van der Waals surface area (Å²) in [5.74, 6) is 2.03. The van der Waals surface area contributed by atoms with E-state index in [1.807, 2.05) is 44.2 Å². The minimum absolute atomic E-state index is 0.0115. The number of aliphatic hydroxyl groups excluding tert-OH is 2. The third-order valence-electron chi connectivity index (χ3n) is 6.99. The van der Waals surface area contributed by atoms with Crippen LogP contribution in [0.2, 0.25) is 0 Å². The number of hydrogen-bond donors (Lipinski definition) is 3. The molecule has 1 fully saturated rings. The number of unbranched alkanes of at least 4 members (excludes halogenated alkanes) is 2. The predicted octanol–water partition coefficient (Wildman–Crippen LogP) is 4.97. The first-order valence-electron chi connectivity index (χ1n) is 15.0. The van der Waals surface area contributed by atoms with E-state index in [4.69, 9.17) is 15.9 Å². The van der Waals surface area contributed by atoms with Crippen molar-refractivity contribution in [1.29, 1.82) is 0 Å². The second kappa shape index (κ2) is 22.9. The lowest BCUT2D eigenvalue weighted by Crippen LogP contribution is -2.25. The zero-order valence-electron chi connectivity index (χ0n) is 25.4. The second-order valence-corrected chi connectivity index (χ2v) is 10.3. The Balaban J connectivity index is 2.82. The van der Waals surface area contributed by atoms with Crippen molar-refractivity contribution in [2.45, 2.75) is 96.4 Å². The van der Waals surface area contributed by atoms with Crippen molar-refractivity contribution >= 4 is 12.1 Å². The highest BCUT2D eigenvalue weighted by Crippen LogP contribution is 2.38. The molecule has 43 heavy (non-hydrogen) atoms. The van der Waals surface area contributed by atoms with E-state index >= 15 is 0 Å². The zero-order valence-corrected chi connectivity index (χ0v) is 25.4. The number of carbonyl (C=O) groups excluding carboxylic acids is 2. The van der Waals surface area contributed by atoms with E-state index in [2.05, 4.69) is 16.1 Å². The standard InChI is InChI=1S/C32H48N2O9/c1-4-7-15-25(14-5-2)18-19-26(35)20-21-28-27(16-10-8-9-11-17-31(37)33-6-3)29(36)24-30(28)43-32(38)41-22-12-13-23-42-34(39)40/h2,4,7-8,10,15,20-21,26-30,35-36H,6,9,11-14,16-19,22-24H2,1,3H3,(H,33,37)/b7-4-,10-8-,21-20+,25-15+/t26-,27+,28+,29-,30+/m0/s1. The van der Waals surface area contributed by atoms with Gasteiger partial charge in [-0.25, -0.2) is 4.79 Å². The van der Waals surface area contributed by atoms with Crippen molar-refractivity contribution in [3.05, 3.63) is 58.2 Å². The van der Waals surface area contributed by atoms with Crippen molar-refractivity contribution in [1.82, 2.24) is 5.32 Å². The van der Waals surface area contributed by atoms with Gasteiger partial charge >= 0.3 is 6.16 Å². The van der Waals surface area contributed by atoms with Crippen LogP contribution < -0.4 is 5.32 Å². The van der Waals surface area contributed by atoms with Crippen LogP contribution in [0, 0.1) is 34.3 Å². The molecule has 0 spiro atoms. The summed E-state index contributed by atoms with van der Waals surface area (Å²) in [4.78, 5) is 38.4. The molecule has 0 heterocycles. The van der Waals surface area contributed by atoms with Crippen molar-refractivity contribution in [2.75, 3.05) is 19.8 Å². The van der Waals surface area contributed by atoms with E-state index in [0.717, 1.165) is 12.0 Å². The molecule has 3 N–H and O–H groups in total. The van der Waals surface area contributed by atoms with Gasteiger partial charge in [-0.1, -0.05) is 48.1 Å². The Morgan fingerprint density at radius 2 is 1.98 bits per heavy atom. The number of nitrogens with one attached hydrogen (secondary N) is 1. The van der Waals surface area contributed by atoms with Gasteiger partial charge in [-0.05, 0) is 64.7 Å². The van der Waals surface area contributed by atoms with Crippen molar-refractivity contribution in [2.24, 2.45) is 11.8 Å². The van der Waals surface area contributed by atoms with Gasteiger partial charge in [0, 0.05) is 31.7 Å². The highest BCUT2D eigenvalue weighted by molar-refractivity contribution is 5.75. The molecule has 11 heteroatoms. The molecule has 1 aliphatic carbocycles. The Morgan fingerprint density at radius 3 is 2.67 bits per heavy atom. The molecular formula is C32H48N2O9. The molecule has 0 aromatic heterocycles. The smallest absolute Gasteiger partial charge is 0.434 e. The number of aliphatic hydroxyl groups is 2. The van der Waals surface area contributed by atoms with E-state index in [9.17, 15) is 29.9 Å². The largest absolute Gasteiger partial charge is 0.508 e. The molecule has 0 aromatic rings. The summed E-state index contributed by atoms with van der Waals surface area (Å²) in [6.45, 7) is 4.32. The Labute approximate surface area is 255 Å². The molecule has 0 radical (unpaired) electrons. The third kappa shape index (κ3) is 17.2. The highest BCUT2D eigenvalue weighted by Gasteiger charge is 2.43. The van der Waals surface area contributed by atoms with Gasteiger partial charge in [-0.15, -0.1) is 22.5 Å². The SMILES string of the molecule is C#CC/C(=C\C=C/C)CC[C@H](O)/C=C/[C@@H]1[C@@H](C/C=C\CCCC(=O)NCC)[C@@H](O)C[C@H]1OC(=O)OCCCCO[N+](=O)[O-]. The molecule has 1 aliphatic rings. The van der Waals surface area contributed by atoms with E-state index in [-0.39, 0.29) is 37.4 Å². The molecule has 0 bridgehead atoms. The summed E-state index contributed by atoms with van der Waals surface area (Å²) in [6, 6.07) is 0. The van der Waals surface area contributed by atoms with Crippen molar-refractivity contribution in [3.63, 3.8) is 0 Å². The van der Waals surface area contributed by atoms with E-state index in [1.54, 1.807) is 12.2 Å². The minimum atomic E-state index is -0.888. The molecule has 0 saturated heterocycles. The van der Waals surface area contributed by atoms with Crippen LogP contribution >= 0.6 is 0 Å². The molecule has 0 unspecified atom stereocenters. The Morgan fingerprint density at radius 1 is 1.21 bits per heavy atom. The van der Waals surface area contributed by atoms with Crippen LogP contribution in [0.4, 0.5) is 4.79 Å². The van der Waals surface area contributed by atoms with E-state index in [1.165, 1.54) is 0 Å². The molecule has 0 aliphatic heterocycles. The maximum Gasteiger partial charge on any atom is 0.508 e. The molecule has 1 saturated carbocycles.